The number of hydrogen-bond donors (Lipinski definition) is 4. The Balaban J connectivity index is 3.09. The van der Waals surface area contributed by atoms with Crippen LogP contribution in [0.5, 0.6) is 0 Å². The molecule has 1 amide bonds. The van der Waals surface area contributed by atoms with Gasteiger partial charge in [0.1, 0.15) is 0 Å². The van der Waals surface area contributed by atoms with Crippen molar-refractivity contribution in [3.05, 3.63) is 0 Å². The Bertz CT molecular complexity index is 359. The van der Waals surface area contributed by atoms with Crippen LogP contribution in [0.3, 0.4) is 0 Å². The first-order valence-electron chi connectivity index (χ1n) is 7.37. The van der Waals surface area contributed by atoms with Crippen LogP contribution in [0.4, 0.5) is 4.79 Å². The van der Waals surface area contributed by atoms with Gasteiger partial charge in [0.2, 0.25) is 0 Å². The van der Waals surface area contributed by atoms with Gasteiger partial charge in [0.15, 0.2) is 0 Å². The molecule has 0 aliphatic heterocycles. The average Bonchev–Trinajstić information content (AvgIpc) is 2.24. The molecule has 118 valence electrons. The SMILES string of the molecule is CC(CO)CC1(NC(=O)O)CC(C)(C)CC(C)(CN)C1. The lowest BCUT2D eigenvalue weighted by molar-refractivity contribution is 0.00864. The summed E-state index contributed by atoms with van der Waals surface area (Å²) in [7, 11) is 0. The maximum Gasteiger partial charge on any atom is 0.405 e. The highest BCUT2D eigenvalue weighted by Gasteiger charge is 2.49. The van der Waals surface area contributed by atoms with Crippen molar-refractivity contribution in [2.75, 3.05) is 13.2 Å². The van der Waals surface area contributed by atoms with E-state index in [4.69, 9.17) is 5.73 Å². The summed E-state index contributed by atoms with van der Waals surface area (Å²) in [5.41, 5.74) is 5.41. The molecule has 1 aliphatic rings. The Morgan fingerprint density at radius 2 is 1.90 bits per heavy atom. The van der Waals surface area contributed by atoms with E-state index >= 15 is 0 Å². The number of carboxylic acid groups (broad SMARTS) is 1. The minimum atomic E-state index is -0.993. The maximum atomic E-state index is 11.2. The molecule has 1 rings (SSSR count). The van der Waals surface area contributed by atoms with Crippen molar-refractivity contribution in [2.45, 2.75) is 58.9 Å². The molecular weight excluding hydrogens is 256 g/mol. The second-order valence-electron chi connectivity index (χ2n) is 7.91. The number of rotatable bonds is 5. The largest absolute Gasteiger partial charge is 0.465 e. The zero-order chi connectivity index (χ0) is 15.6. The van der Waals surface area contributed by atoms with Crippen LogP contribution in [0.2, 0.25) is 0 Å². The molecule has 0 aromatic heterocycles. The molecule has 5 heteroatoms. The zero-order valence-electron chi connectivity index (χ0n) is 13.2. The van der Waals surface area contributed by atoms with Gasteiger partial charge in [-0.1, -0.05) is 27.7 Å². The minimum Gasteiger partial charge on any atom is -0.465 e. The summed E-state index contributed by atoms with van der Waals surface area (Å²) < 4.78 is 0. The average molecular weight is 286 g/mol. The Hall–Kier alpha value is -0.810. The van der Waals surface area contributed by atoms with Gasteiger partial charge in [0.25, 0.3) is 0 Å². The first kappa shape index (κ1) is 17.2. The number of aliphatic hydroxyl groups excluding tert-OH is 1. The number of nitrogens with one attached hydrogen (secondary N) is 1. The van der Waals surface area contributed by atoms with E-state index in [1.165, 1.54) is 0 Å². The molecule has 0 heterocycles. The molecule has 0 aromatic rings. The Labute approximate surface area is 121 Å². The van der Waals surface area contributed by atoms with Gasteiger partial charge in [-0.3, -0.25) is 0 Å². The van der Waals surface area contributed by atoms with Crippen molar-refractivity contribution in [3.8, 4) is 0 Å². The first-order valence-corrected chi connectivity index (χ1v) is 7.37. The lowest BCUT2D eigenvalue weighted by atomic mass is 9.56. The van der Waals surface area contributed by atoms with E-state index in [-0.39, 0.29) is 23.4 Å². The Kier molecular flexibility index (Phi) is 5.08. The van der Waals surface area contributed by atoms with Crippen molar-refractivity contribution >= 4 is 6.09 Å². The predicted octanol–water partition coefficient (Wildman–Crippen LogP) is 2.19. The van der Waals surface area contributed by atoms with Gasteiger partial charge in [0.05, 0.1) is 0 Å². The summed E-state index contributed by atoms with van der Waals surface area (Å²) >= 11 is 0. The van der Waals surface area contributed by atoms with Crippen molar-refractivity contribution < 1.29 is 15.0 Å². The lowest BCUT2D eigenvalue weighted by Crippen LogP contribution is -2.59. The number of carbonyl (C=O) groups is 1. The second-order valence-corrected chi connectivity index (χ2v) is 7.91. The quantitative estimate of drug-likeness (QED) is 0.623. The maximum absolute atomic E-state index is 11.2. The van der Waals surface area contributed by atoms with Crippen LogP contribution in [0.15, 0.2) is 0 Å². The van der Waals surface area contributed by atoms with Gasteiger partial charge in [-0.2, -0.15) is 0 Å². The van der Waals surface area contributed by atoms with Crippen molar-refractivity contribution in [1.82, 2.24) is 5.32 Å². The molecule has 20 heavy (non-hydrogen) atoms. The first-order chi connectivity index (χ1) is 9.05. The summed E-state index contributed by atoms with van der Waals surface area (Å²) in [6, 6.07) is 0. The van der Waals surface area contributed by atoms with Crippen molar-refractivity contribution in [2.24, 2.45) is 22.5 Å². The molecule has 3 unspecified atom stereocenters. The number of aliphatic hydroxyl groups is 1. The third-order valence-electron chi connectivity index (χ3n) is 4.40. The normalized spacial score (nSPS) is 34.5. The summed E-state index contributed by atoms with van der Waals surface area (Å²) in [5.74, 6) is 0.0674. The molecule has 0 saturated heterocycles. The molecule has 5 nitrogen and oxygen atoms in total. The highest BCUT2D eigenvalue weighted by molar-refractivity contribution is 5.65. The third-order valence-corrected chi connectivity index (χ3v) is 4.40. The number of amides is 1. The fourth-order valence-corrected chi connectivity index (χ4v) is 4.46. The molecule has 5 N–H and O–H groups in total. The molecule has 1 saturated carbocycles. The van der Waals surface area contributed by atoms with Gasteiger partial charge in [-0.25, -0.2) is 4.79 Å². The molecule has 0 radical (unpaired) electrons. The van der Waals surface area contributed by atoms with Crippen LogP contribution in [0.1, 0.15) is 53.4 Å². The summed E-state index contributed by atoms with van der Waals surface area (Å²) in [4.78, 5) is 11.2. The van der Waals surface area contributed by atoms with Crippen LogP contribution in [0.25, 0.3) is 0 Å². The fraction of sp³-hybridized carbons (Fsp3) is 0.933. The fourth-order valence-electron chi connectivity index (χ4n) is 4.46. The van der Waals surface area contributed by atoms with Crippen LogP contribution in [0, 0.1) is 16.7 Å². The van der Waals surface area contributed by atoms with E-state index < -0.39 is 11.6 Å². The number of nitrogens with two attached hydrogens (primary N) is 1. The van der Waals surface area contributed by atoms with Gasteiger partial charge in [-0.15, -0.1) is 0 Å². The smallest absolute Gasteiger partial charge is 0.405 e. The summed E-state index contributed by atoms with van der Waals surface area (Å²) in [6.45, 7) is 9.04. The van der Waals surface area contributed by atoms with E-state index in [0.29, 0.717) is 13.0 Å². The number of hydrogen-bond acceptors (Lipinski definition) is 3. The molecule has 0 spiro atoms. The van der Waals surface area contributed by atoms with Crippen molar-refractivity contribution in [3.63, 3.8) is 0 Å². The Morgan fingerprint density at radius 3 is 2.35 bits per heavy atom. The molecule has 1 aliphatic carbocycles. The van der Waals surface area contributed by atoms with E-state index in [0.717, 1.165) is 19.3 Å². The predicted molar refractivity (Wildman–Crippen MR) is 79.6 cm³/mol. The van der Waals surface area contributed by atoms with Crippen LogP contribution in [-0.4, -0.2) is 35.0 Å². The van der Waals surface area contributed by atoms with Gasteiger partial charge in [-0.05, 0) is 49.0 Å². The zero-order valence-corrected chi connectivity index (χ0v) is 13.2. The van der Waals surface area contributed by atoms with Gasteiger partial charge < -0.3 is 21.3 Å². The third kappa shape index (κ3) is 4.35. The van der Waals surface area contributed by atoms with E-state index in [1.807, 2.05) is 6.92 Å². The topological polar surface area (TPSA) is 95.6 Å². The van der Waals surface area contributed by atoms with Gasteiger partial charge >= 0.3 is 6.09 Å². The minimum absolute atomic E-state index is 0.0317. The second kappa shape index (κ2) is 5.90. The molecule has 0 aromatic carbocycles. The van der Waals surface area contributed by atoms with Crippen molar-refractivity contribution in [1.29, 1.82) is 0 Å². The highest BCUT2D eigenvalue weighted by Crippen LogP contribution is 2.51. The highest BCUT2D eigenvalue weighted by atomic mass is 16.4. The summed E-state index contributed by atoms with van der Waals surface area (Å²) in [6.07, 6.45) is 2.16. The molecule has 1 fully saturated rings. The molecular formula is C15H30N2O3. The standard InChI is InChI=1S/C15H30N2O3/c1-11(6-18)5-15(17-12(19)20)8-13(2,3)7-14(4,9-15)10-16/h11,17-18H,5-10,16H2,1-4H3,(H,19,20). The van der Waals surface area contributed by atoms with E-state index in [1.54, 1.807) is 0 Å². The molecule has 3 atom stereocenters. The Morgan fingerprint density at radius 1 is 1.30 bits per heavy atom. The lowest BCUT2D eigenvalue weighted by Gasteiger charge is -2.53. The van der Waals surface area contributed by atoms with Crippen LogP contribution < -0.4 is 11.1 Å². The van der Waals surface area contributed by atoms with Crippen LogP contribution >= 0.6 is 0 Å². The summed E-state index contributed by atoms with van der Waals surface area (Å²) in [5, 5.41) is 21.3. The van der Waals surface area contributed by atoms with E-state index in [2.05, 4.69) is 26.1 Å². The monoisotopic (exact) mass is 286 g/mol. The van der Waals surface area contributed by atoms with Gasteiger partial charge in [0, 0.05) is 12.1 Å². The van der Waals surface area contributed by atoms with Crippen LogP contribution in [-0.2, 0) is 0 Å². The molecule has 0 bridgehead atoms. The van der Waals surface area contributed by atoms with E-state index in [9.17, 15) is 15.0 Å².